The summed E-state index contributed by atoms with van der Waals surface area (Å²) in [6, 6.07) is 10.4. The highest BCUT2D eigenvalue weighted by Crippen LogP contribution is 2.40. The fourth-order valence-electron chi connectivity index (χ4n) is 3.45. The van der Waals surface area contributed by atoms with Crippen LogP contribution in [0.25, 0.3) is 11.1 Å². The van der Waals surface area contributed by atoms with Gasteiger partial charge >= 0.3 is 5.97 Å². The number of carbonyl (C=O) groups excluding carboxylic acids is 1. The second-order valence-corrected chi connectivity index (χ2v) is 8.17. The number of piperidine rings is 1. The molecule has 138 valence electrons. The zero-order valence-corrected chi connectivity index (χ0v) is 17.0. The molecule has 1 atom stereocenters. The Kier molecular flexibility index (Phi) is 5.94. The lowest BCUT2D eigenvalue weighted by Crippen LogP contribution is -2.44. The SMILES string of the molecule is COC(=O)c1c(NC(=S)N2CCCC[C@H]2C)sc(C)c1-c1ccccc1. The first-order valence-electron chi connectivity index (χ1n) is 8.87. The number of hydrogen-bond acceptors (Lipinski definition) is 4. The summed E-state index contributed by atoms with van der Waals surface area (Å²) in [7, 11) is 1.42. The first kappa shape index (κ1) is 18.9. The Bertz CT molecular complexity index is 802. The lowest BCUT2D eigenvalue weighted by Gasteiger charge is -2.35. The van der Waals surface area contributed by atoms with E-state index in [2.05, 4.69) is 17.1 Å². The molecule has 0 spiro atoms. The second-order valence-electron chi connectivity index (χ2n) is 6.56. The van der Waals surface area contributed by atoms with Gasteiger partial charge in [0.05, 0.1) is 7.11 Å². The predicted octanol–water partition coefficient (Wildman–Crippen LogP) is 5.08. The van der Waals surface area contributed by atoms with Crippen molar-refractivity contribution in [2.45, 2.75) is 39.2 Å². The Morgan fingerprint density at radius 3 is 2.69 bits per heavy atom. The Morgan fingerprint density at radius 2 is 2.04 bits per heavy atom. The number of nitrogens with one attached hydrogen (secondary N) is 1. The third-order valence-corrected chi connectivity index (χ3v) is 6.18. The average Bonchev–Trinajstić information content (AvgIpc) is 2.97. The molecule has 26 heavy (non-hydrogen) atoms. The van der Waals surface area contributed by atoms with E-state index in [1.807, 2.05) is 37.3 Å². The average molecular weight is 389 g/mol. The highest BCUT2D eigenvalue weighted by molar-refractivity contribution is 7.80. The summed E-state index contributed by atoms with van der Waals surface area (Å²) in [4.78, 5) is 15.8. The number of thiophene rings is 1. The molecule has 1 aliphatic heterocycles. The van der Waals surface area contributed by atoms with Crippen LogP contribution in [0.1, 0.15) is 41.4 Å². The van der Waals surface area contributed by atoms with Crippen LogP contribution in [0.5, 0.6) is 0 Å². The van der Waals surface area contributed by atoms with Crippen molar-refractivity contribution in [1.29, 1.82) is 0 Å². The number of likely N-dealkylation sites (tertiary alicyclic amines) is 1. The summed E-state index contributed by atoms with van der Waals surface area (Å²) in [5.41, 5.74) is 2.49. The molecular weight excluding hydrogens is 364 g/mol. The summed E-state index contributed by atoms with van der Waals surface area (Å²) < 4.78 is 5.07. The third kappa shape index (κ3) is 3.76. The Balaban J connectivity index is 1.97. The molecule has 0 amide bonds. The highest BCUT2D eigenvalue weighted by Gasteiger charge is 2.27. The van der Waals surface area contributed by atoms with Gasteiger partial charge in [-0.3, -0.25) is 0 Å². The molecule has 2 heterocycles. The van der Waals surface area contributed by atoms with Gasteiger partial charge < -0.3 is 15.0 Å². The minimum atomic E-state index is -0.342. The molecular formula is C20H24N2O2S2. The Morgan fingerprint density at radius 1 is 1.31 bits per heavy atom. The van der Waals surface area contributed by atoms with Gasteiger partial charge in [-0.15, -0.1) is 11.3 Å². The van der Waals surface area contributed by atoms with E-state index in [4.69, 9.17) is 17.0 Å². The predicted molar refractivity (Wildman–Crippen MR) is 112 cm³/mol. The maximum Gasteiger partial charge on any atom is 0.341 e. The summed E-state index contributed by atoms with van der Waals surface area (Å²) in [6.45, 7) is 5.18. The van der Waals surface area contributed by atoms with Crippen molar-refractivity contribution in [2.75, 3.05) is 19.0 Å². The molecule has 6 heteroatoms. The first-order valence-corrected chi connectivity index (χ1v) is 10.1. The van der Waals surface area contributed by atoms with Crippen LogP contribution in [0.3, 0.4) is 0 Å². The number of benzene rings is 1. The maximum absolute atomic E-state index is 12.6. The molecule has 1 fully saturated rings. The highest BCUT2D eigenvalue weighted by atomic mass is 32.1. The van der Waals surface area contributed by atoms with E-state index >= 15 is 0 Å². The molecule has 0 saturated carbocycles. The third-order valence-electron chi connectivity index (χ3n) is 4.82. The number of carbonyl (C=O) groups is 1. The van der Waals surface area contributed by atoms with E-state index in [9.17, 15) is 4.79 Å². The van der Waals surface area contributed by atoms with E-state index in [0.717, 1.165) is 40.4 Å². The second kappa shape index (κ2) is 8.18. The molecule has 0 radical (unpaired) electrons. The summed E-state index contributed by atoms with van der Waals surface area (Å²) >= 11 is 7.20. The van der Waals surface area contributed by atoms with Crippen molar-refractivity contribution in [1.82, 2.24) is 4.90 Å². The summed E-state index contributed by atoms with van der Waals surface area (Å²) in [5, 5.41) is 4.78. The van der Waals surface area contributed by atoms with Crippen LogP contribution >= 0.6 is 23.6 Å². The largest absolute Gasteiger partial charge is 0.465 e. The number of aryl methyl sites for hydroxylation is 1. The normalized spacial score (nSPS) is 17.0. The summed E-state index contributed by atoms with van der Waals surface area (Å²) in [5.74, 6) is -0.342. The van der Waals surface area contributed by atoms with Crippen LogP contribution in [0.4, 0.5) is 5.00 Å². The minimum absolute atomic E-state index is 0.342. The van der Waals surface area contributed by atoms with Gasteiger partial charge in [0.15, 0.2) is 5.11 Å². The zero-order chi connectivity index (χ0) is 18.7. The van der Waals surface area contributed by atoms with Crippen molar-refractivity contribution < 1.29 is 9.53 Å². The quantitative estimate of drug-likeness (QED) is 0.586. The van der Waals surface area contributed by atoms with Crippen LogP contribution in [0.15, 0.2) is 30.3 Å². The van der Waals surface area contributed by atoms with Crippen LogP contribution in [0, 0.1) is 6.92 Å². The fraction of sp³-hybridized carbons (Fsp3) is 0.400. The van der Waals surface area contributed by atoms with Crippen LogP contribution < -0.4 is 5.32 Å². The van der Waals surface area contributed by atoms with Crippen molar-refractivity contribution in [3.63, 3.8) is 0 Å². The molecule has 3 rings (SSSR count). The molecule has 0 bridgehead atoms. The van der Waals surface area contributed by atoms with Crippen molar-refractivity contribution >= 4 is 39.6 Å². The van der Waals surface area contributed by atoms with Gasteiger partial charge in [0, 0.05) is 23.0 Å². The molecule has 1 aromatic carbocycles. The van der Waals surface area contributed by atoms with E-state index in [-0.39, 0.29) is 5.97 Å². The van der Waals surface area contributed by atoms with Gasteiger partial charge in [-0.05, 0) is 50.9 Å². The number of methoxy groups -OCH3 is 1. The number of thiocarbonyl (C=S) groups is 1. The van der Waals surface area contributed by atoms with Crippen molar-refractivity contribution in [2.24, 2.45) is 0 Å². The molecule has 1 saturated heterocycles. The molecule has 4 nitrogen and oxygen atoms in total. The van der Waals surface area contributed by atoms with Gasteiger partial charge in [-0.1, -0.05) is 30.3 Å². The van der Waals surface area contributed by atoms with E-state index < -0.39 is 0 Å². The number of hydrogen-bond donors (Lipinski definition) is 1. The van der Waals surface area contributed by atoms with Gasteiger partial charge in [0.25, 0.3) is 0 Å². The van der Waals surface area contributed by atoms with Crippen LogP contribution in [-0.2, 0) is 4.74 Å². The molecule has 1 aromatic heterocycles. The zero-order valence-electron chi connectivity index (χ0n) is 15.4. The van der Waals surface area contributed by atoms with E-state index in [1.165, 1.54) is 13.5 Å². The smallest absolute Gasteiger partial charge is 0.341 e. The molecule has 0 unspecified atom stereocenters. The van der Waals surface area contributed by atoms with Crippen molar-refractivity contribution in [3.05, 3.63) is 40.8 Å². The lowest BCUT2D eigenvalue weighted by molar-refractivity contribution is 0.0603. The van der Waals surface area contributed by atoms with E-state index in [0.29, 0.717) is 16.7 Å². The molecule has 1 N–H and O–H groups in total. The number of esters is 1. The van der Waals surface area contributed by atoms with Gasteiger partial charge in [0.2, 0.25) is 0 Å². The fourth-order valence-corrected chi connectivity index (χ4v) is 4.95. The topological polar surface area (TPSA) is 41.6 Å². The molecule has 1 aliphatic rings. The van der Waals surface area contributed by atoms with Crippen molar-refractivity contribution in [3.8, 4) is 11.1 Å². The standard InChI is InChI=1S/C20H24N2O2S2/c1-13-9-7-8-12-22(13)20(25)21-18-17(19(23)24-3)16(14(2)26-18)15-10-5-4-6-11-15/h4-6,10-11,13H,7-9,12H2,1-3H3,(H,21,25)/t13-/m1/s1. The van der Waals surface area contributed by atoms with Crippen LogP contribution in [0.2, 0.25) is 0 Å². The monoisotopic (exact) mass is 388 g/mol. The Hall–Kier alpha value is -1.92. The number of ether oxygens (including phenoxy) is 1. The Labute approximate surface area is 164 Å². The number of rotatable bonds is 3. The molecule has 2 aromatic rings. The van der Waals surface area contributed by atoms with E-state index in [1.54, 1.807) is 11.3 Å². The maximum atomic E-state index is 12.6. The van der Waals surface area contributed by atoms with Crippen LogP contribution in [-0.4, -0.2) is 35.7 Å². The van der Waals surface area contributed by atoms with Gasteiger partial charge in [0.1, 0.15) is 10.6 Å². The number of nitrogens with zero attached hydrogens (tertiary/aromatic N) is 1. The first-order chi connectivity index (χ1) is 12.5. The molecule has 0 aliphatic carbocycles. The summed E-state index contributed by atoms with van der Waals surface area (Å²) in [6.07, 6.45) is 3.53. The van der Waals surface area contributed by atoms with Gasteiger partial charge in [-0.25, -0.2) is 4.79 Å². The number of anilines is 1. The van der Waals surface area contributed by atoms with Gasteiger partial charge in [-0.2, -0.15) is 0 Å². The lowest BCUT2D eigenvalue weighted by atomic mass is 10.0. The minimum Gasteiger partial charge on any atom is -0.465 e.